The van der Waals surface area contributed by atoms with Crippen molar-refractivity contribution in [2.75, 3.05) is 0 Å². The molecule has 2 aliphatic rings. The van der Waals surface area contributed by atoms with Crippen molar-refractivity contribution < 1.29 is 5.21 Å². The molecular weight excluding hydrogens is 198 g/mol. The van der Waals surface area contributed by atoms with Crippen molar-refractivity contribution in [2.45, 2.75) is 18.8 Å². The van der Waals surface area contributed by atoms with E-state index in [9.17, 15) is 0 Å². The summed E-state index contributed by atoms with van der Waals surface area (Å²) in [6, 6.07) is 10.5. The lowest BCUT2D eigenvalue weighted by Gasteiger charge is -2.25. The summed E-state index contributed by atoms with van der Waals surface area (Å²) in [5, 5.41) is 12.6. The molecule has 82 valence electrons. The Bertz CT molecular complexity index is 435. The Kier molecular flexibility index (Phi) is 2.28. The second-order valence-electron chi connectivity index (χ2n) is 4.64. The van der Waals surface area contributed by atoms with Crippen LogP contribution in [0.1, 0.15) is 24.3 Å². The molecule has 1 aromatic carbocycles. The van der Waals surface area contributed by atoms with E-state index in [1.54, 1.807) is 0 Å². The number of fused-ring (bicyclic) bond motifs is 2. The van der Waals surface area contributed by atoms with Crippen molar-refractivity contribution in [3.63, 3.8) is 0 Å². The molecule has 16 heavy (non-hydrogen) atoms. The first-order valence-corrected chi connectivity index (χ1v) is 5.85. The minimum absolute atomic E-state index is 0.384. The number of benzene rings is 1. The quantitative estimate of drug-likeness (QED) is 0.433. The number of allylic oxidation sites excluding steroid dienone is 2. The fourth-order valence-corrected chi connectivity index (χ4v) is 3.04. The molecule has 0 unspecified atom stereocenters. The Morgan fingerprint density at radius 3 is 2.62 bits per heavy atom. The van der Waals surface area contributed by atoms with Gasteiger partial charge in [0.2, 0.25) is 0 Å². The lowest BCUT2D eigenvalue weighted by Crippen LogP contribution is -2.23. The molecule has 0 radical (unpaired) electrons. The second-order valence-corrected chi connectivity index (χ2v) is 4.64. The average molecular weight is 213 g/mol. The summed E-state index contributed by atoms with van der Waals surface area (Å²) in [6.07, 6.45) is 6.75. The van der Waals surface area contributed by atoms with Gasteiger partial charge in [0.1, 0.15) is 0 Å². The van der Waals surface area contributed by atoms with E-state index in [-0.39, 0.29) is 0 Å². The topological polar surface area (TPSA) is 32.6 Å². The van der Waals surface area contributed by atoms with Crippen molar-refractivity contribution >= 4 is 5.71 Å². The van der Waals surface area contributed by atoms with Crippen molar-refractivity contribution in [3.8, 4) is 0 Å². The number of rotatable bonds is 1. The van der Waals surface area contributed by atoms with E-state index in [4.69, 9.17) is 5.21 Å². The smallest absolute Gasteiger partial charge is 0.0679 e. The molecule has 2 bridgehead atoms. The van der Waals surface area contributed by atoms with Crippen LogP contribution in [0.15, 0.2) is 47.6 Å². The average Bonchev–Trinajstić information content (AvgIpc) is 2.63. The third-order valence-electron chi connectivity index (χ3n) is 3.83. The molecule has 1 saturated carbocycles. The van der Waals surface area contributed by atoms with Gasteiger partial charge in [-0.2, -0.15) is 0 Å². The van der Waals surface area contributed by atoms with Gasteiger partial charge in [0.25, 0.3) is 0 Å². The van der Waals surface area contributed by atoms with Crippen molar-refractivity contribution in [1.29, 1.82) is 0 Å². The zero-order chi connectivity index (χ0) is 11.0. The highest BCUT2D eigenvalue weighted by molar-refractivity contribution is 5.93. The van der Waals surface area contributed by atoms with Crippen molar-refractivity contribution in [1.82, 2.24) is 0 Å². The SMILES string of the molecule is O/N=C1\[C@@H]2C=C[C@@H](c3ccccc3)[C@@H]1CC2. The Hall–Kier alpha value is -1.57. The number of nitrogens with zero attached hydrogens (tertiary/aromatic N) is 1. The maximum Gasteiger partial charge on any atom is 0.0679 e. The summed E-state index contributed by atoms with van der Waals surface area (Å²) >= 11 is 0. The van der Waals surface area contributed by atoms with E-state index in [0.29, 0.717) is 17.8 Å². The maximum atomic E-state index is 9.09. The molecule has 2 nitrogen and oxygen atoms in total. The van der Waals surface area contributed by atoms with E-state index in [1.165, 1.54) is 5.56 Å². The molecule has 0 saturated heterocycles. The van der Waals surface area contributed by atoms with Gasteiger partial charge in [0.05, 0.1) is 5.71 Å². The second kappa shape index (κ2) is 3.78. The summed E-state index contributed by atoms with van der Waals surface area (Å²) in [5.74, 6) is 1.18. The molecule has 0 heterocycles. The highest BCUT2D eigenvalue weighted by atomic mass is 16.4. The van der Waals surface area contributed by atoms with Crippen molar-refractivity contribution in [2.24, 2.45) is 17.0 Å². The maximum absolute atomic E-state index is 9.09. The molecule has 1 N–H and O–H groups in total. The predicted octanol–water partition coefficient (Wildman–Crippen LogP) is 3.20. The fourth-order valence-electron chi connectivity index (χ4n) is 3.04. The molecule has 3 rings (SSSR count). The summed E-state index contributed by atoms with van der Waals surface area (Å²) in [6.45, 7) is 0. The van der Waals surface area contributed by atoms with Gasteiger partial charge in [-0.05, 0) is 18.4 Å². The Balaban J connectivity index is 1.99. The minimum Gasteiger partial charge on any atom is -0.411 e. The molecule has 0 aromatic heterocycles. The van der Waals surface area contributed by atoms with Gasteiger partial charge in [0, 0.05) is 17.8 Å². The molecule has 2 heteroatoms. The van der Waals surface area contributed by atoms with E-state index in [0.717, 1.165) is 18.6 Å². The van der Waals surface area contributed by atoms with Crippen LogP contribution in [0.2, 0.25) is 0 Å². The molecule has 3 atom stereocenters. The van der Waals surface area contributed by atoms with Crippen LogP contribution in [0.4, 0.5) is 0 Å². The highest BCUT2D eigenvalue weighted by Gasteiger charge is 2.39. The largest absolute Gasteiger partial charge is 0.411 e. The summed E-state index contributed by atoms with van der Waals surface area (Å²) < 4.78 is 0. The summed E-state index contributed by atoms with van der Waals surface area (Å²) in [4.78, 5) is 0. The Morgan fingerprint density at radius 1 is 1.06 bits per heavy atom. The molecule has 1 fully saturated rings. The third-order valence-corrected chi connectivity index (χ3v) is 3.83. The number of hydrogen-bond donors (Lipinski definition) is 1. The minimum atomic E-state index is 0.384. The van der Waals surface area contributed by atoms with Gasteiger partial charge in [-0.1, -0.05) is 47.6 Å². The predicted molar refractivity (Wildman–Crippen MR) is 63.8 cm³/mol. The molecule has 1 aromatic rings. The molecular formula is C14H15NO. The van der Waals surface area contributed by atoms with Gasteiger partial charge in [-0.15, -0.1) is 0 Å². The van der Waals surface area contributed by atoms with E-state index in [1.807, 2.05) is 6.07 Å². The number of oxime groups is 1. The van der Waals surface area contributed by atoms with E-state index in [2.05, 4.69) is 41.6 Å². The molecule has 0 spiro atoms. The van der Waals surface area contributed by atoms with Crippen LogP contribution in [0, 0.1) is 11.8 Å². The van der Waals surface area contributed by atoms with Crippen LogP contribution in [0.3, 0.4) is 0 Å². The van der Waals surface area contributed by atoms with Crippen LogP contribution in [0.25, 0.3) is 0 Å². The van der Waals surface area contributed by atoms with Gasteiger partial charge >= 0.3 is 0 Å². The van der Waals surface area contributed by atoms with Gasteiger partial charge < -0.3 is 5.21 Å². The van der Waals surface area contributed by atoms with Crippen LogP contribution >= 0.6 is 0 Å². The molecule has 2 aliphatic carbocycles. The lowest BCUT2D eigenvalue weighted by atomic mass is 9.79. The van der Waals surface area contributed by atoms with Crippen molar-refractivity contribution in [3.05, 3.63) is 48.0 Å². The van der Waals surface area contributed by atoms with Gasteiger partial charge in [0.15, 0.2) is 0 Å². The van der Waals surface area contributed by atoms with Crippen LogP contribution < -0.4 is 0 Å². The Morgan fingerprint density at radius 2 is 1.88 bits per heavy atom. The molecule has 0 aliphatic heterocycles. The first-order valence-electron chi connectivity index (χ1n) is 5.85. The molecule has 0 amide bonds. The first kappa shape index (κ1) is 9.64. The zero-order valence-corrected chi connectivity index (χ0v) is 9.08. The lowest BCUT2D eigenvalue weighted by molar-refractivity contribution is 0.312. The first-order chi connectivity index (χ1) is 7.90. The van der Waals surface area contributed by atoms with Gasteiger partial charge in [-0.25, -0.2) is 0 Å². The third kappa shape index (κ3) is 1.37. The van der Waals surface area contributed by atoms with Crippen LogP contribution in [0.5, 0.6) is 0 Å². The van der Waals surface area contributed by atoms with E-state index >= 15 is 0 Å². The highest BCUT2D eigenvalue weighted by Crippen LogP contribution is 2.43. The van der Waals surface area contributed by atoms with Crippen LogP contribution in [-0.4, -0.2) is 10.9 Å². The normalized spacial score (nSPS) is 34.5. The monoisotopic (exact) mass is 213 g/mol. The standard InChI is InChI=1S/C14H15NO/c16-15-14-11-6-8-12(13(14)9-7-11)10-4-2-1-3-5-10/h1-6,8,11-13,16H,7,9H2/b15-14+/t11-,12+,13+/m1/s1. The number of hydrogen-bond acceptors (Lipinski definition) is 2. The summed E-state index contributed by atoms with van der Waals surface area (Å²) in [5.41, 5.74) is 2.31. The fraction of sp³-hybridized carbons (Fsp3) is 0.357. The summed E-state index contributed by atoms with van der Waals surface area (Å²) in [7, 11) is 0. The Labute approximate surface area is 95.3 Å². The van der Waals surface area contributed by atoms with Crippen LogP contribution in [-0.2, 0) is 0 Å². The van der Waals surface area contributed by atoms with E-state index < -0.39 is 0 Å². The zero-order valence-electron chi connectivity index (χ0n) is 9.08. The van der Waals surface area contributed by atoms with Gasteiger partial charge in [-0.3, -0.25) is 0 Å².